The lowest BCUT2D eigenvalue weighted by atomic mass is 10.2. The summed E-state index contributed by atoms with van der Waals surface area (Å²) < 4.78 is 0. The highest BCUT2D eigenvalue weighted by Crippen LogP contribution is 2.15. The Balaban J connectivity index is 2.19. The highest BCUT2D eigenvalue weighted by molar-refractivity contribution is 5.56. The third-order valence-corrected chi connectivity index (χ3v) is 2.38. The maximum absolute atomic E-state index is 8.82. The number of nitrogens with zero attached hydrogens (tertiary/aromatic N) is 4. The molecule has 0 bridgehead atoms. The molecule has 0 aliphatic carbocycles. The highest BCUT2D eigenvalue weighted by Gasteiger charge is 2.04. The number of aliphatic hydroxyl groups is 1. The molecule has 2 aromatic heterocycles. The van der Waals surface area contributed by atoms with Crippen molar-refractivity contribution in [3.8, 4) is 11.3 Å². The second kappa shape index (κ2) is 5.36. The third-order valence-electron chi connectivity index (χ3n) is 2.38. The Hall–Kier alpha value is -2.01. The Labute approximate surface area is 99.8 Å². The van der Waals surface area contributed by atoms with E-state index in [9.17, 15) is 0 Å². The van der Waals surface area contributed by atoms with Gasteiger partial charge in [-0.2, -0.15) is 0 Å². The molecule has 0 aliphatic heterocycles. The summed E-state index contributed by atoms with van der Waals surface area (Å²) in [6.07, 6.45) is 5.21. The van der Waals surface area contributed by atoms with Gasteiger partial charge in [-0.1, -0.05) is 6.07 Å². The van der Waals surface area contributed by atoms with Crippen LogP contribution >= 0.6 is 0 Å². The SMILES string of the molecule is CN(CCO)c1ncc(-c2ccccn2)cn1. The maximum Gasteiger partial charge on any atom is 0.225 e. The monoisotopic (exact) mass is 230 g/mol. The minimum absolute atomic E-state index is 0.0852. The molecule has 0 saturated carbocycles. The van der Waals surface area contributed by atoms with Crippen LogP contribution in [0.2, 0.25) is 0 Å². The second-order valence-corrected chi connectivity index (χ2v) is 3.63. The normalized spacial score (nSPS) is 10.2. The summed E-state index contributed by atoms with van der Waals surface area (Å²) in [5, 5.41) is 8.82. The predicted octanol–water partition coefficient (Wildman–Crippen LogP) is 0.967. The van der Waals surface area contributed by atoms with Gasteiger partial charge >= 0.3 is 0 Å². The zero-order valence-electron chi connectivity index (χ0n) is 9.61. The van der Waals surface area contributed by atoms with Crippen molar-refractivity contribution in [2.45, 2.75) is 0 Å². The molecule has 1 N–H and O–H groups in total. The first kappa shape index (κ1) is 11.5. The Kier molecular flexibility index (Phi) is 3.62. The first-order chi connectivity index (χ1) is 8.31. The fraction of sp³-hybridized carbons (Fsp3) is 0.250. The summed E-state index contributed by atoms with van der Waals surface area (Å²) in [6.45, 7) is 0.602. The van der Waals surface area contributed by atoms with E-state index in [0.717, 1.165) is 11.3 Å². The first-order valence-electron chi connectivity index (χ1n) is 5.36. The zero-order valence-corrected chi connectivity index (χ0v) is 9.61. The second-order valence-electron chi connectivity index (χ2n) is 3.63. The van der Waals surface area contributed by atoms with Gasteiger partial charge in [0.15, 0.2) is 0 Å². The molecule has 5 heteroatoms. The van der Waals surface area contributed by atoms with Gasteiger partial charge in [0.1, 0.15) is 0 Å². The van der Waals surface area contributed by atoms with E-state index in [4.69, 9.17) is 5.11 Å². The average molecular weight is 230 g/mol. The van der Waals surface area contributed by atoms with Gasteiger partial charge in [0.2, 0.25) is 5.95 Å². The Bertz CT molecular complexity index is 458. The molecule has 0 unspecified atom stereocenters. The Morgan fingerprint density at radius 3 is 2.53 bits per heavy atom. The van der Waals surface area contributed by atoms with Crippen LogP contribution in [-0.4, -0.2) is 40.3 Å². The lowest BCUT2D eigenvalue weighted by Crippen LogP contribution is -2.23. The molecule has 88 valence electrons. The quantitative estimate of drug-likeness (QED) is 0.848. The van der Waals surface area contributed by atoms with Crippen molar-refractivity contribution in [1.29, 1.82) is 0 Å². The minimum Gasteiger partial charge on any atom is -0.395 e. The molecule has 2 aromatic rings. The van der Waals surface area contributed by atoms with Gasteiger partial charge in [-0.25, -0.2) is 9.97 Å². The summed E-state index contributed by atoms with van der Waals surface area (Å²) in [5.41, 5.74) is 1.73. The van der Waals surface area contributed by atoms with Crippen molar-refractivity contribution < 1.29 is 5.11 Å². The van der Waals surface area contributed by atoms with Crippen molar-refractivity contribution in [2.75, 3.05) is 25.1 Å². The van der Waals surface area contributed by atoms with E-state index in [1.165, 1.54) is 0 Å². The molecule has 2 heterocycles. The lowest BCUT2D eigenvalue weighted by molar-refractivity contribution is 0.303. The van der Waals surface area contributed by atoms with E-state index in [-0.39, 0.29) is 6.61 Å². The molecule has 0 aromatic carbocycles. The molecule has 0 aliphatic rings. The topological polar surface area (TPSA) is 62.1 Å². The van der Waals surface area contributed by atoms with Crippen LogP contribution in [0, 0.1) is 0 Å². The van der Waals surface area contributed by atoms with Crippen LogP contribution in [0.4, 0.5) is 5.95 Å². The zero-order chi connectivity index (χ0) is 12.1. The molecule has 0 amide bonds. The molecule has 17 heavy (non-hydrogen) atoms. The van der Waals surface area contributed by atoms with Gasteiger partial charge in [-0.05, 0) is 12.1 Å². The summed E-state index contributed by atoms with van der Waals surface area (Å²) in [4.78, 5) is 14.5. The number of pyridine rings is 1. The molecule has 0 saturated heterocycles. The fourth-order valence-corrected chi connectivity index (χ4v) is 1.43. The molecule has 0 fully saturated rings. The summed E-state index contributed by atoms with van der Waals surface area (Å²) in [7, 11) is 1.84. The molecular formula is C12H14N4O. The number of aliphatic hydroxyl groups excluding tert-OH is 1. The number of likely N-dealkylation sites (N-methyl/N-ethyl adjacent to an activating group) is 1. The molecular weight excluding hydrogens is 216 g/mol. The van der Waals surface area contributed by atoms with E-state index in [1.54, 1.807) is 23.5 Å². The molecule has 0 radical (unpaired) electrons. The summed E-state index contributed by atoms with van der Waals surface area (Å²) >= 11 is 0. The molecule has 2 rings (SSSR count). The fourth-order valence-electron chi connectivity index (χ4n) is 1.43. The lowest BCUT2D eigenvalue weighted by Gasteiger charge is -2.14. The van der Waals surface area contributed by atoms with Crippen LogP contribution in [0.5, 0.6) is 0 Å². The Morgan fingerprint density at radius 2 is 1.94 bits per heavy atom. The van der Waals surface area contributed by atoms with E-state index in [2.05, 4.69) is 15.0 Å². The first-order valence-corrected chi connectivity index (χ1v) is 5.36. The maximum atomic E-state index is 8.82. The van der Waals surface area contributed by atoms with Crippen molar-refractivity contribution in [1.82, 2.24) is 15.0 Å². The summed E-state index contributed by atoms with van der Waals surface area (Å²) in [5.74, 6) is 0.596. The van der Waals surface area contributed by atoms with Crippen molar-refractivity contribution in [2.24, 2.45) is 0 Å². The van der Waals surface area contributed by atoms with Gasteiger partial charge in [-0.3, -0.25) is 4.98 Å². The number of aromatic nitrogens is 3. The van der Waals surface area contributed by atoms with Crippen LogP contribution in [0.15, 0.2) is 36.8 Å². The van der Waals surface area contributed by atoms with E-state index in [0.29, 0.717) is 12.5 Å². The molecule has 0 atom stereocenters. The van der Waals surface area contributed by atoms with Crippen molar-refractivity contribution in [3.63, 3.8) is 0 Å². The van der Waals surface area contributed by atoms with Crippen molar-refractivity contribution >= 4 is 5.95 Å². The number of rotatable bonds is 4. The number of hydrogen-bond acceptors (Lipinski definition) is 5. The van der Waals surface area contributed by atoms with E-state index in [1.807, 2.05) is 25.2 Å². The van der Waals surface area contributed by atoms with Gasteiger partial charge in [-0.15, -0.1) is 0 Å². The standard InChI is InChI=1S/C12H14N4O/c1-16(6-7-17)12-14-8-10(9-15-12)11-4-2-3-5-13-11/h2-5,8-9,17H,6-7H2,1H3. The van der Waals surface area contributed by atoms with Crippen LogP contribution in [0.25, 0.3) is 11.3 Å². The summed E-state index contributed by atoms with van der Waals surface area (Å²) in [6, 6.07) is 5.71. The van der Waals surface area contributed by atoms with Crippen molar-refractivity contribution in [3.05, 3.63) is 36.8 Å². The minimum atomic E-state index is 0.0852. The van der Waals surface area contributed by atoms with Gasteiger partial charge < -0.3 is 10.0 Å². The van der Waals surface area contributed by atoms with Gasteiger partial charge in [0.25, 0.3) is 0 Å². The van der Waals surface area contributed by atoms with Crippen LogP contribution in [-0.2, 0) is 0 Å². The van der Waals surface area contributed by atoms with Crippen LogP contribution < -0.4 is 4.90 Å². The number of anilines is 1. The smallest absolute Gasteiger partial charge is 0.225 e. The Morgan fingerprint density at radius 1 is 1.18 bits per heavy atom. The highest BCUT2D eigenvalue weighted by atomic mass is 16.3. The average Bonchev–Trinajstić information content (AvgIpc) is 2.40. The predicted molar refractivity (Wildman–Crippen MR) is 65.6 cm³/mol. The van der Waals surface area contributed by atoms with Crippen LogP contribution in [0.1, 0.15) is 0 Å². The molecule has 5 nitrogen and oxygen atoms in total. The van der Waals surface area contributed by atoms with E-state index < -0.39 is 0 Å². The van der Waals surface area contributed by atoms with Gasteiger partial charge in [0, 0.05) is 37.7 Å². The third kappa shape index (κ3) is 2.76. The molecule has 0 spiro atoms. The van der Waals surface area contributed by atoms with Crippen LogP contribution in [0.3, 0.4) is 0 Å². The number of hydrogen-bond donors (Lipinski definition) is 1. The van der Waals surface area contributed by atoms with Gasteiger partial charge in [0.05, 0.1) is 12.3 Å². The largest absolute Gasteiger partial charge is 0.395 e. The van der Waals surface area contributed by atoms with E-state index >= 15 is 0 Å².